The summed E-state index contributed by atoms with van der Waals surface area (Å²) in [4.78, 5) is 5.28. The van der Waals surface area contributed by atoms with Crippen LogP contribution in [0.15, 0.2) is 54.8 Å². The normalized spacial score (nSPS) is 26.5. The predicted molar refractivity (Wildman–Crippen MR) is 91.5 cm³/mol. The monoisotopic (exact) mass is 294 g/mol. The third-order valence-corrected chi connectivity index (χ3v) is 5.30. The minimum absolute atomic E-state index is 0.478. The highest BCUT2D eigenvalue weighted by molar-refractivity contribution is 5.25. The molecule has 0 spiro atoms. The van der Waals surface area contributed by atoms with Gasteiger partial charge in [-0.1, -0.05) is 42.5 Å². The van der Waals surface area contributed by atoms with Crippen molar-refractivity contribution >= 4 is 0 Å². The van der Waals surface area contributed by atoms with Crippen molar-refractivity contribution < 1.29 is 0 Å². The molecule has 2 heterocycles. The highest BCUT2D eigenvalue weighted by atomic mass is 15.2. The molecule has 116 valence electrons. The summed E-state index contributed by atoms with van der Waals surface area (Å²) < 4.78 is 0. The summed E-state index contributed by atoms with van der Waals surface area (Å²) in [5, 5.41) is 0. The minimum Gasteiger partial charge on any atom is -0.363 e. The fourth-order valence-electron chi connectivity index (χ4n) is 3.93. The summed E-state index contributed by atoms with van der Waals surface area (Å²) >= 11 is 0. The Morgan fingerprint density at radius 1 is 1.00 bits per heavy atom. The highest BCUT2D eigenvalue weighted by Gasteiger charge is 2.37. The topological polar surface area (TPSA) is 6.48 Å². The van der Waals surface area contributed by atoms with Crippen molar-refractivity contribution in [2.75, 3.05) is 19.6 Å². The van der Waals surface area contributed by atoms with Crippen molar-refractivity contribution in [2.24, 2.45) is 5.92 Å². The molecule has 4 rings (SSSR count). The SMILES string of the molecule is C1=C[C@H](C2CC2)N(C(CN2CCCC2)c2ccccc2)C=C1. The van der Waals surface area contributed by atoms with Crippen molar-refractivity contribution in [2.45, 2.75) is 37.8 Å². The van der Waals surface area contributed by atoms with Gasteiger partial charge in [0.2, 0.25) is 0 Å². The maximum absolute atomic E-state index is 2.65. The van der Waals surface area contributed by atoms with Gasteiger partial charge in [-0.05, 0) is 56.3 Å². The Balaban J connectivity index is 1.60. The molecule has 1 aromatic carbocycles. The van der Waals surface area contributed by atoms with Crippen LogP contribution in [0.5, 0.6) is 0 Å². The van der Waals surface area contributed by atoms with Crippen LogP contribution < -0.4 is 0 Å². The molecule has 1 aliphatic carbocycles. The minimum atomic E-state index is 0.478. The second-order valence-corrected chi connectivity index (χ2v) is 6.94. The van der Waals surface area contributed by atoms with E-state index in [4.69, 9.17) is 0 Å². The molecular formula is C20H26N2. The molecule has 0 amide bonds. The van der Waals surface area contributed by atoms with Crippen molar-refractivity contribution in [1.29, 1.82) is 0 Å². The smallest absolute Gasteiger partial charge is 0.0670 e. The van der Waals surface area contributed by atoms with Gasteiger partial charge in [-0.3, -0.25) is 0 Å². The number of allylic oxidation sites excluding steroid dienone is 2. The summed E-state index contributed by atoms with van der Waals surface area (Å²) in [6, 6.07) is 12.2. The Kier molecular flexibility index (Phi) is 4.03. The largest absolute Gasteiger partial charge is 0.363 e. The van der Waals surface area contributed by atoms with Crippen LogP contribution in [-0.4, -0.2) is 35.5 Å². The molecule has 1 aromatic rings. The van der Waals surface area contributed by atoms with Gasteiger partial charge in [-0.2, -0.15) is 0 Å². The molecular weight excluding hydrogens is 268 g/mol. The van der Waals surface area contributed by atoms with Crippen LogP contribution in [0.2, 0.25) is 0 Å². The van der Waals surface area contributed by atoms with Crippen LogP contribution in [-0.2, 0) is 0 Å². The second kappa shape index (κ2) is 6.29. The van der Waals surface area contributed by atoms with Gasteiger partial charge in [-0.25, -0.2) is 0 Å². The maximum atomic E-state index is 2.65. The lowest BCUT2D eigenvalue weighted by atomic mass is 9.99. The molecule has 3 aliphatic rings. The van der Waals surface area contributed by atoms with Gasteiger partial charge in [-0.15, -0.1) is 0 Å². The number of benzene rings is 1. The molecule has 0 bridgehead atoms. The van der Waals surface area contributed by atoms with E-state index in [1.165, 1.54) is 44.3 Å². The van der Waals surface area contributed by atoms with Crippen LogP contribution in [0, 0.1) is 5.92 Å². The van der Waals surface area contributed by atoms with E-state index >= 15 is 0 Å². The Morgan fingerprint density at radius 3 is 2.50 bits per heavy atom. The summed E-state index contributed by atoms with van der Waals surface area (Å²) in [7, 11) is 0. The molecule has 2 aliphatic heterocycles. The molecule has 1 saturated carbocycles. The lowest BCUT2D eigenvalue weighted by molar-refractivity contribution is 0.164. The van der Waals surface area contributed by atoms with E-state index in [9.17, 15) is 0 Å². The second-order valence-electron chi connectivity index (χ2n) is 6.94. The van der Waals surface area contributed by atoms with Gasteiger partial charge < -0.3 is 9.80 Å². The van der Waals surface area contributed by atoms with Gasteiger partial charge in [0.1, 0.15) is 0 Å². The Hall–Kier alpha value is -1.54. The highest BCUT2D eigenvalue weighted by Crippen LogP contribution is 2.40. The van der Waals surface area contributed by atoms with Gasteiger partial charge in [0, 0.05) is 12.7 Å². The number of rotatable bonds is 5. The fourth-order valence-corrected chi connectivity index (χ4v) is 3.93. The van der Waals surface area contributed by atoms with Gasteiger partial charge in [0.25, 0.3) is 0 Å². The molecule has 0 N–H and O–H groups in total. The van der Waals surface area contributed by atoms with Crippen LogP contribution in [0.4, 0.5) is 0 Å². The maximum Gasteiger partial charge on any atom is 0.0670 e. The average molecular weight is 294 g/mol. The van der Waals surface area contributed by atoms with Crippen molar-refractivity contribution in [3.8, 4) is 0 Å². The van der Waals surface area contributed by atoms with Gasteiger partial charge >= 0.3 is 0 Å². The standard InChI is InChI=1S/C20H26N2/c1-2-8-17(9-3-1)20(16-21-13-6-7-14-21)22-15-5-4-10-19(22)18-11-12-18/h1-5,8-10,15,18-20H,6-7,11-14,16H2/t19-,20?/m1/s1. The zero-order valence-electron chi connectivity index (χ0n) is 13.3. The third-order valence-electron chi connectivity index (χ3n) is 5.30. The number of nitrogens with zero attached hydrogens (tertiary/aromatic N) is 2. The van der Waals surface area contributed by atoms with E-state index in [-0.39, 0.29) is 0 Å². The Labute approximate surface area is 134 Å². The van der Waals surface area contributed by atoms with Crippen LogP contribution in [0.1, 0.15) is 37.3 Å². The summed E-state index contributed by atoms with van der Waals surface area (Å²) in [5.41, 5.74) is 1.46. The first-order valence-electron chi connectivity index (χ1n) is 8.81. The van der Waals surface area contributed by atoms with E-state index in [1.54, 1.807) is 0 Å². The number of hydrogen-bond acceptors (Lipinski definition) is 2. The molecule has 2 heteroatoms. The van der Waals surface area contributed by atoms with E-state index in [0.29, 0.717) is 12.1 Å². The van der Waals surface area contributed by atoms with Gasteiger partial charge in [0.15, 0.2) is 0 Å². The zero-order chi connectivity index (χ0) is 14.8. The van der Waals surface area contributed by atoms with E-state index in [2.05, 4.69) is 64.6 Å². The number of likely N-dealkylation sites (tertiary alicyclic amines) is 1. The summed E-state index contributed by atoms with van der Waals surface area (Å²) in [5.74, 6) is 0.867. The average Bonchev–Trinajstić information content (AvgIpc) is 3.30. The fraction of sp³-hybridized carbons (Fsp3) is 0.500. The molecule has 22 heavy (non-hydrogen) atoms. The quantitative estimate of drug-likeness (QED) is 0.810. The Bertz CT molecular complexity index is 538. The number of hydrogen-bond donors (Lipinski definition) is 0. The first-order chi connectivity index (χ1) is 10.9. The zero-order valence-corrected chi connectivity index (χ0v) is 13.3. The van der Waals surface area contributed by atoms with Gasteiger partial charge in [0.05, 0.1) is 12.1 Å². The third kappa shape index (κ3) is 2.98. The molecule has 0 radical (unpaired) electrons. The Morgan fingerprint density at radius 2 is 1.77 bits per heavy atom. The lowest BCUT2D eigenvalue weighted by Crippen LogP contribution is -2.41. The summed E-state index contributed by atoms with van der Waals surface area (Å²) in [6.45, 7) is 3.70. The van der Waals surface area contributed by atoms with Crippen LogP contribution in [0.3, 0.4) is 0 Å². The first kappa shape index (κ1) is 14.1. The molecule has 1 unspecified atom stereocenters. The van der Waals surface area contributed by atoms with Crippen molar-refractivity contribution in [3.05, 3.63) is 60.3 Å². The molecule has 2 fully saturated rings. The molecule has 1 saturated heterocycles. The predicted octanol–water partition coefficient (Wildman–Crippen LogP) is 3.99. The summed E-state index contributed by atoms with van der Waals surface area (Å²) in [6.07, 6.45) is 14.7. The van der Waals surface area contributed by atoms with Crippen molar-refractivity contribution in [1.82, 2.24) is 9.80 Å². The first-order valence-corrected chi connectivity index (χ1v) is 8.81. The van der Waals surface area contributed by atoms with Crippen LogP contribution in [0.25, 0.3) is 0 Å². The molecule has 2 nitrogen and oxygen atoms in total. The van der Waals surface area contributed by atoms with Crippen LogP contribution >= 0.6 is 0 Å². The van der Waals surface area contributed by atoms with E-state index in [1.807, 2.05) is 0 Å². The van der Waals surface area contributed by atoms with Crippen molar-refractivity contribution in [3.63, 3.8) is 0 Å². The lowest BCUT2D eigenvalue weighted by Gasteiger charge is -2.40. The van der Waals surface area contributed by atoms with E-state index < -0.39 is 0 Å². The molecule has 0 aromatic heterocycles. The molecule has 2 atom stereocenters. The van der Waals surface area contributed by atoms with E-state index in [0.717, 1.165) is 12.5 Å².